The van der Waals surface area contributed by atoms with E-state index in [-0.39, 0.29) is 0 Å². The highest BCUT2D eigenvalue weighted by Crippen LogP contribution is 2.35. The van der Waals surface area contributed by atoms with Crippen molar-refractivity contribution in [1.29, 1.82) is 0 Å². The number of hydrogen-bond acceptors (Lipinski definition) is 1. The maximum atomic E-state index is 4.96. The molecule has 0 radical (unpaired) electrons. The lowest BCUT2D eigenvalue weighted by atomic mass is 9.91. The van der Waals surface area contributed by atoms with Crippen molar-refractivity contribution < 1.29 is 0 Å². The number of benzene rings is 5. The van der Waals surface area contributed by atoms with Crippen molar-refractivity contribution in [1.82, 2.24) is 0 Å². The summed E-state index contributed by atoms with van der Waals surface area (Å²) in [6, 6.07) is 30.1. The van der Waals surface area contributed by atoms with Crippen molar-refractivity contribution in [2.75, 3.05) is 0 Å². The highest BCUT2D eigenvalue weighted by Gasteiger charge is 2.09. The molecule has 5 aromatic rings. The van der Waals surface area contributed by atoms with Gasteiger partial charge in [0.2, 0.25) is 0 Å². The molecule has 0 saturated carbocycles. The zero-order valence-corrected chi connectivity index (χ0v) is 16.5. The van der Waals surface area contributed by atoms with Gasteiger partial charge in [0.1, 0.15) is 0 Å². The van der Waals surface area contributed by atoms with Gasteiger partial charge < -0.3 is 0 Å². The van der Waals surface area contributed by atoms with E-state index in [4.69, 9.17) is 12.2 Å². The molecule has 0 unspecified atom stereocenters. The van der Waals surface area contributed by atoms with E-state index < -0.39 is 0 Å². The highest BCUT2D eigenvalue weighted by molar-refractivity contribution is 7.80. The van der Waals surface area contributed by atoms with Gasteiger partial charge in [0.25, 0.3) is 0 Å². The largest absolute Gasteiger partial charge is 0.0846 e. The Morgan fingerprint density at radius 2 is 1.26 bits per heavy atom. The number of rotatable bonds is 2. The molecule has 0 N–H and O–H groups in total. The third-order valence-corrected chi connectivity index (χ3v) is 5.42. The monoisotopic (exact) mass is 366 g/mol. The van der Waals surface area contributed by atoms with Crippen LogP contribution in [0.15, 0.2) is 84.9 Å². The normalized spacial score (nSPS) is 10.9. The molecule has 0 amide bonds. The Morgan fingerprint density at radius 3 is 1.85 bits per heavy atom. The second-order valence-electron chi connectivity index (χ2n) is 6.86. The SMILES string of the molecule is CC(=S)c1ccccc1.CCc1ccc2ccc3cccc4ccc1c2c34. The molecule has 0 saturated heterocycles. The van der Waals surface area contributed by atoms with Gasteiger partial charge in [-0.05, 0) is 56.8 Å². The molecule has 0 nitrogen and oxygen atoms in total. The molecule has 0 aliphatic carbocycles. The molecule has 0 spiro atoms. The van der Waals surface area contributed by atoms with Crippen LogP contribution in [0.2, 0.25) is 0 Å². The second-order valence-corrected chi connectivity index (χ2v) is 7.47. The average Bonchev–Trinajstić information content (AvgIpc) is 2.73. The fraction of sp³-hybridized carbons (Fsp3) is 0.115. The average molecular weight is 367 g/mol. The molecule has 0 aliphatic rings. The van der Waals surface area contributed by atoms with Crippen molar-refractivity contribution in [3.05, 3.63) is 96.1 Å². The molecule has 0 bridgehead atoms. The second kappa shape index (κ2) is 7.46. The van der Waals surface area contributed by atoms with Crippen LogP contribution in [0.4, 0.5) is 0 Å². The minimum atomic E-state index is 0.954. The van der Waals surface area contributed by atoms with Gasteiger partial charge in [0.15, 0.2) is 0 Å². The van der Waals surface area contributed by atoms with E-state index in [0.717, 1.165) is 16.8 Å². The summed E-state index contributed by atoms with van der Waals surface area (Å²) in [5.74, 6) is 0. The van der Waals surface area contributed by atoms with Gasteiger partial charge in [-0.3, -0.25) is 0 Å². The first-order valence-electron chi connectivity index (χ1n) is 9.40. The lowest BCUT2D eigenvalue weighted by Crippen LogP contribution is -1.88. The van der Waals surface area contributed by atoms with E-state index in [1.54, 1.807) is 0 Å². The third-order valence-electron chi connectivity index (χ3n) is 5.18. The number of aryl methyl sites for hydroxylation is 1. The third kappa shape index (κ3) is 3.31. The van der Waals surface area contributed by atoms with Crippen LogP contribution in [-0.4, -0.2) is 4.86 Å². The Hall–Kier alpha value is -2.77. The minimum absolute atomic E-state index is 0.954. The summed E-state index contributed by atoms with van der Waals surface area (Å²) in [6.45, 7) is 4.16. The summed E-state index contributed by atoms with van der Waals surface area (Å²) < 4.78 is 0. The Bertz CT molecular complexity index is 1200. The Kier molecular flexibility index (Phi) is 4.87. The standard InChI is InChI=1S/C18H14.C8H8S/c1-2-12-6-7-15-9-8-13-4-3-5-14-10-11-16(12)18(15)17(13)14;1-7(9)8-5-3-2-4-6-8/h3-11H,2H2,1H3;2-6H,1H3. The topological polar surface area (TPSA) is 0 Å². The van der Waals surface area contributed by atoms with Crippen molar-refractivity contribution in [3.63, 3.8) is 0 Å². The van der Waals surface area contributed by atoms with Gasteiger partial charge in [-0.25, -0.2) is 0 Å². The van der Waals surface area contributed by atoms with Crippen LogP contribution >= 0.6 is 12.2 Å². The van der Waals surface area contributed by atoms with Gasteiger partial charge in [-0.1, -0.05) is 104 Å². The predicted octanol–water partition coefficient (Wildman–Crippen LogP) is 7.57. The maximum Gasteiger partial charge on any atom is 0.0193 e. The molecule has 0 atom stereocenters. The summed E-state index contributed by atoms with van der Waals surface area (Å²) in [6.07, 6.45) is 1.09. The highest BCUT2D eigenvalue weighted by atomic mass is 32.1. The molecule has 5 rings (SSSR count). The van der Waals surface area contributed by atoms with Gasteiger partial charge in [-0.2, -0.15) is 0 Å². The minimum Gasteiger partial charge on any atom is -0.0846 e. The van der Waals surface area contributed by atoms with Crippen LogP contribution in [0.25, 0.3) is 32.3 Å². The summed E-state index contributed by atoms with van der Waals surface area (Å²) in [5.41, 5.74) is 2.59. The van der Waals surface area contributed by atoms with E-state index in [0.29, 0.717) is 0 Å². The smallest absolute Gasteiger partial charge is 0.0193 e. The van der Waals surface area contributed by atoms with E-state index in [2.05, 4.69) is 61.5 Å². The van der Waals surface area contributed by atoms with E-state index in [1.165, 1.54) is 37.9 Å². The molecule has 0 aliphatic heterocycles. The van der Waals surface area contributed by atoms with Gasteiger partial charge >= 0.3 is 0 Å². The van der Waals surface area contributed by atoms with E-state index in [1.807, 2.05) is 37.3 Å². The van der Waals surface area contributed by atoms with Crippen molar-refractivity contribution in [2.45, 2.75) is 20.3 Å². The number of hydrogen-bond donors (Lipinski definition) is 0. The Labute approximate surface area is 165 Å². The van der Waals surface area contributed by atoms with E-state index >= 15 is 0 Å². The lowest BCUT2D eigenvalue weighted by Gasteiger charge is -2.12. The first-order valence-corrected chi connectivity index (χ1v) is 9.81. The molecule has 0 aromatic heterocycles. The predicted molar refractivity (Wildman–Crippen MR) is 123 cm³/mol. The van der Waals surface area contributed by atoms with Gasteiger partial charge in [0, 0.05) is 4.86 Å². The summed E-state index contributed by atoms with van der Waals surface area (Å²) in [4.78, 5) is 0.954. The molecular weight excluding hydrogens is 344 g/mol. The summed E-state index contributed by atoms with van der Waals surface area (Å²) in [5, 5.41) is 8.32. The molecule has 5 aromatic carbocycles. The van der Waals surface area contributed by atoms with Crippen LogP contribution in [0.3, 0.4) is 0 Å². The summed E-state index contributed by atoms with van der Waals surface area (Å²) >= 11 is 4.96. The molecule has 132 valence electrons. The van der Waals surface area contributed by atoms with Gasteiger partial charge in [0.05, 0.1) is 0 Å². The van der Waals surface area contributed by atoms with Crippen molar-refractivity contribution in [3.8, 4) is 0 Å². The molecule has 27 heavy (non-hydrogen) atoms. The first kappa shape index (κ1) is 17.6. The first-order chi connectivity index (χ1) is 13.2. The maximum absolute atomic E-state index is 4.96. The molecule has 0 heterocycles. The molecule has 0 fully saturated rings. The van der Waals surface area contributed by atoms with E-state index in [9.17, 15) is 0 Å². The fourth-order valence-electron chi connectivity index (χ4n) is 3.78. The molecular formula is C26H22S. The van der Waals surface area contributed by atoms with Crippen LogP contribution in [0, 0.1) is 0 Å². The zero-order valence-electron chi connectivity index (χ0n) is 15.7. The fourth-order valence-corrected chi connectivity index (χ4v) is 3.91. The van der Waals surface area contributed by atoms with Crippen LogP contribution < -0.4 is 0 Å². The Balaban J connectivity index is 0.000000170. The number of thiocarbonyl (C=S) groups is 1. The van der Waals surface area contributed by atoms with Crippen LogP contribution in [0.5, 0.6) is 0 Å². The molecule has 1 heteroatoms. The van der Waals surface area contributed by atoms with Gasteiger partial charge in [-0.15, -0.1) is 0 Å². The van der Waals surface area contributed by atoms with Crippen molar-refractivity contribution in [2.24, 2.45) is 0 Å². The zero-order chi connectivity index (χ0) is 18.8. The van der Waals surface area contributed by atoms with Crippen LogP contribution in [-0.2, 0) is 6.42 Å². The van der Waals surface area contributed by atoms with Crippen LogP contribution in [0.1, 0.15) is 25.0 Å². The lowest BCUT2D eigenvalue weighted by molar-refractivity contribution is 1.16. The quantitative estimate of drug-likeness (QED) is 0.176. The summed E-state index contributed by atoms with van der Waals surface area (Å²) in [7, 11) is 0. The van der Waals surface area contributed by atoms with Crippen molar-refractivity contribution >= 4 is 49.4 Å². The Morgan fingerprint density at radius 1 is 0.667 bits per heavy atom.